The summed E-state index contributed by atoms with van der Waals surface area (Å²) in [5, 5.41) is 6.91. The molecule has 0 aliphatic rings. The lowest BCUT2D eigenvalue weighted by Crippen LogP contribution is -2.40. The summed E-state index contributed by atoms with van der Waals surface area (Å²) in [7, 11) is 1.80. The van der Waals surface area contributed by atoms with Gasteiger partial charge in [0, 0.05) is 44.4 Å². The molecule has 1 aromatic heterocycles. The van der Waals surface area contributed by atoms with Crippen molar-refractivity contribution in [1.29, 1.82) is 0 Å². The third kappa shape index (κ3) is 8.68. The maximum absolute atomic E-state index is 12.0. The number of aryl methyl sites for hydroxylation is 1. The average Bonchev–Trinajstić information content (AvgIpc) is 2.82. The quantitative estimate of drug-likeness (QED) is 0.164. The van der Waals surface area contributed by atoms with E-state index in [1.165, 1.54) is 11.1 Å². The number of guanidine groups is 1. The molecular weight excluding hydrogens is 523 g/mol. The molecule has 2 N–H and O–H groups in total. The summed E-state index contributed by atoms with van der Waals surface area (Å²) in [6.07, 6.45) is 2.88. The molecule has 176 valence electrons. The second-order valence-corrected chi connectivity index (χ2v) is 8.04. The molecule has 0 spiro atoms. The molecule has 6 heteroatoms. The molecule has 2 aromatic carbocycles. The minimum atomic E-state index is 0. The highest BCUT2D eigenvalue weighted by Crippen LogP contribution is 2.20. The third-order valence-corrected chi connectivity index (χ3v) is 5.70. The minimum Gasteiger partial charge on any atom is -0.356 e. The summed E-state index contributed by atoms with van der Waals surface area (Å²) < 4.78 is 1.83. The van der Waals surface area contributed by atoms with E-state index in [9.17, 15) is 4.79 Å². The first-order valence-corrected chi connectivity index (χ1v) is 11.4. The van der Waals surface area contributed by atoms with Gasteiger partial charge in [-0.05, 0) is 43.4 Å². The zero-order valence-corrected chi connectivity index (χ0v) is 21.9. The van der Waals surface area contributed by atoms with E-state index in [4.69, 9.17) is 0 Å². The fourth-order valence-electron chi connectivity index (χ4n) is 3.88. The van der Waals surface area contributed by atoms with Crippen LogP contribution in [0.5, 0.6) is 0 Å². The van der Waals surface area contributed by atoms with E-state index in [2.05, 4.69) is 76.3 Å². The summed E-state index contributed by atoms with van der Waals surface area (Å²) in [6, 6.07) is 26.7. The van der Waals surface area contributed by atoms with E-state index in [0.717, 1.165) is 50.6 Å². The number of pyridine rings is 1. The molecule has 33 heavy (non-hydrogen) atoms. The molecule has 0 bridgehead atoms. The summed E-state index contributed by atoms with van der Waals surface area (Å²) in [5.41, 5.74) is 3.73. The van der Waals surface area contributed by atoms with Crippen LogP contribution in [-0.4, -0.2) is 30.7 Å². The van der Waals surface area contributed by atoms with Crippen LogP contribution < -0.4 is 16.2 Å². The van der Waals surface area contributed by atoms with E-state index in [0.29, 0.717) is 5.92 Å². The van der Waals surface area contributed by atoms with Crippen LogP contribution in [0.25, 0.3) is 0 Å². The largest absolute Gasteiger partial charge is 0.356 e. The van der Waals surface area contributed by atoms with Gasteiger partial charge in [-0.25, -0.2) is 0 Å². The molecule has 5 nitrogen and oxygen atoms in total. The second kappa shape index (κ2) is 14.5. The number of halogens is 1. The monoisotopic (exact) mass is 558 g/mol. The number of hydrogen-bond donors (Lipinski definition) is 2. The Kier molecular flexibility index (Phi) is 11.7. The number of aromatic nitrogens is 1. The van der Waals surface area contributed by atoms with Gasteiger partial charge in [-0.3, -0.25) is 9.79 Å². The predicted molar refractivity (Wildman–Crippen MR) is 149 cm³/mol. The fourth-order valence-corrected chi connectivity index (χ4v) is 3.88. The molecule has 1 atom stereocenters. The van der Waals surface area contributed by atoms with Gasteiger partial charge in [0.05, 0.1) is 0 Å². The van der Waals surface area contributed by atoms with Crippen molar-refractivity contribution >= 4 is 29.9 Å². The van der Waals surface area contributed by atoms with Crippen molar-refractivity contribution in [3.63, 3.8) is 0 Å². The molecule has 3 aromatic rings. The summed E-state index contributed by atoms with van der Waals surface area (Å²) in [6.45, 7) is 4.34. The van der Waals surface area contributed by atoms with Crippen molar-refractivity contribution in [2.24, 2.45) is 4.99 Å². The number of unbranched alkanes of at least 4 members (excludes halogenated alkanes) is 1. The van der Waals surface area contributed by atoms with Crippen molar-refractivity contribution in [2.45, 2.75) is 38.6 Å². The maximum Gasteiger partial charge on any atom is 0.250 e. The number of nitrogens with one attached hydrogen (secondary N) is 2. The highest BCUT2D eigenvalue weighted by Gasteiger charge is 2.13. The number of aliphatic imine (C=N–C) groups is 1. The van der Waals surface area contributed by atoms with Crippen LogP contribution in [0, 0.1) is 6.92 Å². The molecule has 3 rings (SSSR count). The Hall–Kier alpha value is -2.61. The van der Waals surface area contributed by atoms with Gasteiger partial charge in [0.25, 0.3) is 5.56 Å². The van der Waals surface area contributed by atoms with Crippen LogP contribution in [0.2, 0.25) is 0 Å². The molecule has 1 unspecified atom stereocenters. The second-order valence-electron chi connectivity index (χ2n) is 8.04. The molecular formula is C27H35IN4O. The lowest BCUT2D eigenvalue weighted by atomic mass is 9.92. The summed E-state index contributed by atoms with van der Waals surface area (Å²) >= 11 is 0. The molecule has 0 radical (unpaired) electrons. The van der Waals surface area contributed by atoms with Crippen LogP contribution in [0.1, 0.15) is 35.6 Å². The fraction of sp³-hybridized carbons (Fsp3) is 0.333. The van der Waals surface area contributed by atoms with E-state index >= 15 is 0 Å². The lowest BCUT2D eigenvalue weighted by molar-refractivity contribution is 0.573. The smallest absolute Gasteiger partial charge is 0.250 e. The van der Waals surface area contributed by atoms with Crippen LogP contribution in [0.4, 0.5) is 0 Å². The maximum atomic E-state index is 12.0. The van der Waals surface area contributed by atoms with Gasteiger partial charge in [-0.2, -0.15) is 0 Å². The lowest BCUT2D eigenvalue weighted by Gasteiger charge is -2.20. The van der Waals surface area contributed by atoms with Gasteiger partial charge < -0.3 is 15.2 Å². The van der Waals surface area contributed by atoms with Gasteiger partial charge >= 0.3 is 0 Å². The molecule has 1 heterocycles. The number of nitrogens with zero attached hydrogens (tertiary/aromatic N) is 2. The first-order chi connectivity index (χ1) is 15.7. The first-order valence-electron chi connectivity index (χ1n) is 11.4. The summed E-state index contributed by atoms with van der Waals surface area (Å²) in [4.78, 5) is 16.4. The van der Waals surface area contributed by atoms with Gasteiger partial charge in [0.2, 0.25) is 0 Å². The van der Waals surface area contributed by atoms with Crippen molar-refractivity contribution in [3.05, 3.63) is 106 Å². The van der Waals surface area contributed by atoms with Crippen molar-refractivity contribution in [1.82, 2.24) is 15.2 Å². The van der Waals surface area contributed by atoms with E-state index in [-0.39, 0.29) is 29.5 Å². The SMILES string of the molecule is CN=C(NCCCCn1c(C)cccc1=O)NCC(Cc1ccccc1)c1ccccc1.I. The Morgan fingerprint density at radius 2 is 1.61 bits per heavy atom. The minimum absolute atomic E-state index is 0. The Bertz CT molecular complexity index is 1030. The van der Waals surface area contributed by atoms with Gasteiger partial charge in [-0.15, -0.1) is 24.0 Å². The standard InChI is InChI=1S/C27H34N4O.HI/c1-22-12-11-17-26(32)31(22)19-10-9-18-29-27(28-2)30-21-25(24-15-7-4-8-16-24)20-23-13-5-3-6-14-23;/h3-8,11-17,25H,9-10,18-21H2,1-2H3,(H2,28,29,30);1H. The Morgan fingerprint density at radius 3 is 2.27 bits per heavy atom. The van der Waals surface area contributed by atoms with Crippen LogP contribution in [0.15, 0.2) is 88.6 Å². The Morgan fingerprint density at radius 1 is 0.909 bits per heavy atom. The zero-order valence-electron chi connectivity index (χ0n) is 19.5. The molecule has 0 saturated carbocycles. The summed E-state index contributed by atoms with van der Waals surface area (Å²) in [5.74, 6) is 1.16. The molecule has 0 amide bonds. The predicted octanol–water partition coefficient (Wildman–Crippen LogP) is 4.75. The molecule has 0 aliphatic heterocycles. The van der Waals surface area contributed by atoms with E-state index < -0.39 is 0 Å². The highest BCUT2D eigenvalue weighted by atomic mass is 127. The van der Waals surface area contributed by atoms with Crippen molar-refractivity contribution in [3.8, 4) is 0 Å². The van der Waals surface area contributed by atoms with Crippen molar-refractivity contribution in [2.75, 3.05) is 20.1 Å². The Balaban J connectivity index is 0.00000385. The third-order valence-electron chi connectivity index (χ3n) is 5.70. The molecule has 0 aliphatic carbocycles. The van der Waals surface area contributed by atoms with E-state index in [1.54, 1.807) is 13.1 Å². The van der Waals surface area contributed by atoms with E-state index in [1.807, 2.05) is 23.6 Å². The van der Waals surface area contributed by atoms with Crippen molar-refractivity contribution < 1.29 is 0 Å². The van der Waals surface area contributed by atoms with Gasteiger partial charge in [0.1, 0.15) is 0 Å². The molecule has 0 saturated heterocycles. The van der Waals surface area contributed by atoms with Gasteiger partial charge in [0.15, 0.2) is 5.96 Å². The number of hydrogen-bond acceptors (Lipinski definition) is 2. The topological polar surface area (TPSA) is 58.4 Å². The normalized spacial score (nSPS) is 12.0. The van der Waals surface area contributed by atoms with Crippen LogP contribution >= 0.6 is 24.0 Å². The number of benzene rings is 2. The highest BCUT2D eigenvalue weighted by molar-refractivity contribution is 14.0. The van der Waals surface area contributed by atoms with Crippen LogP contribution in [-0.2, 0) is 13.0 Å². The van der Waals surface area contributed by atoms with Gasteiger partial charge in [-0.1, -0.05) is 66.7 Å². The van der Waals surface area contributed by atoms with Crippen LogP contribution in [0.3, 0.4) is 0 Å². The molecule has 0 fully saturated rings. The Labute approximate surface area is 214 Å². The average molecular weight is 559 g/mol. The zero-order chi connectivity index (χ0) is 22.6. The number of rotatable bonds is 10. The first kappa shape index (κ1) is 26.6.